The number of hydrogen-bond acceptors (Lipinski definition) is 5. The maximum Gasteiger partial charge on any atom is 0.416 e. The zero-order valence-electron chi connectivity index (χ0n) is 17.7. The SMILES string of the molecule is CS(=O)(=O)c1ccccc1NC(=O)CN1CCCN(Cc2ccc(C(F)(F)F)cc2)CC1. The van der Waals surface area contributed by atoms with Crippen molar-refractivity contribution in [2.24, 2.45) is 0 Å². The molecule has 6 nitrogen and oxygen atoms in total. The summed E-state index contributed by atoms with van der Waals surface area (Å²) in [4.78, 5) is 16.7. The molecule has 1 N–H and O–H groups in total. The summed E-state index contributed by atoms with van der Waals surface area (Å²) in [6.07, 6.45) is -2.43. The third kappa shape index (κ3) is 6.78. The quantitative estimate of drug-likeness (QED) is 0.704. The van der Waals surface area contributed by atoms with Gasteiger partial charge in [-0.05, 0) is 49.3 Å². The van der Waals surface area contributed by atoms with Gasteiger partial charge < -0.3 is 5.32 Å². The molecule has 3 rings (SSSR count). The van der Waals surface area contributed by atoms with Gasteiger partial charge in [0.05, 0.1) is 22.7 Å². The van der Waals surface area contributed by atoms with Gasteiger partial charge in [-0.3, -0.25) is 14.6 Å². The minimum Gasteiger partial charge on any atom is -0.324 e. The van der Waals surface area contributed by atoms with Crippen LogP contribution in [0, 0.1) is 0 Å². The lowest BCUT2D eigenvalue weighted by atomic mass is 10.1. The van der Waals surface area contributed by atoms with Gasteiger partial charge in [0.15, 0.2) is 9.84 Å². The number of carbonyl (C=O) groups excluding carboxylic acids is 1. The molecule has 0 aliphatic carbocycles. The van der Waals surface area contributed by atoms with Gasteiger partial charge in [-0.15, -0.1) is 0 Å². The van der Waals surface area contributed by atoms with E-state index < -0.39 is 21.6 Å². The molecule has 1 aliphatic heterocycles. The molecule has 0 aromatic heterocycles. The summed E-state index contributed by atoms with van der Waals surface area (Å²) in [5.41, 5.74) is 0.409. The topological polar surface area (TPSA) is 69.7 Å². The molecule has 0 unspecified atom stereocenters. The standard InChI is InChI=1S/C22H26F3N3O3S/c1-32(30,31)20-6-3-2-5-19(20)26-21(29)16-28-12-4-11-27(13-14-28)15-17-7-9-18(10-8-17)22(23,24)25/h2-3,5-10H,4,11-16H2,1H3,(H,26,29). The number of halogens is 3. The minimum absolute atomic E-state index is 0.0759. The summed E-state index contributed by atoms with van der Waals surface area (Å²) in [7, 11) is -3.46. The van der Waals surface area contributed by atoms with E-state index in [1.807, 2.05) is 4.90 Å². The van der Waals surface area contributed by atoms with Crippen molar-refractivity contribution in [2.75, 3.05) is 44.3 Å². The Balaban J connectivity index is 1.53. The largest absolute Gasteiger partial charge is 0.416 e. The van der Waals surface area contributed by atoms with Crippen LogP contribution in [-0.2, 0) is 27.4 Å². The Morgan fingerprint density at radius 3 is 2.25 bits per heavy atom. The minimum atomic E-state index is -4.34. The van der Waals surface area contributed by atoms with Crippen molar-refractivity contribution in [1.82, 2.24) is 9.80 Å². The number of amides is 1. The van der Waals surface area contributed by atoms with Gasteiger partial charge in [0.1, 0.15) is 0 Å². The van der Waals surface area contributed by atoms with E-state index in [9.17, 15) is 26.4 Å². The number of nitrogens with one attached hydrogen (secondary N) is 1. The molecule has 174 valence electrons. The third-order valence-electron chi connectivity index (χ3n) is 5.30. The highest BCUT2D eigenvalue weighted by Crippen LogP contribution is 2.29. The first-order valence-electron chi connectivity index (χ1n) is 10.2. The highest BCUT2D eigenvalue weighted by Gasteiger charge is 2.30. The lowest BCUT2D eigenvalue weighted by Gasteiger charge is -2.22. The van der Waals surface area contributed by atoms with E-state index in [1.54, 1.807) is 18.2 Å². The molecular formula is C22H26F3N3O3S. The van der Waals surface area contributed by atoms with Gasteiger partial charge in [-0.25, -0.2) is 8.42 Å². The highest BCUT2D eigenvalue weighted by atomic mass is 32.2. The first-order valence-corrected chi connectivity index (χ1v) is 12.1. The van der Waals surface area contributed by atoms with Crippen molar-refractivity contribution >= 4 is 21.4 Å². The average molecular weight is 470 g/mol. The van der Waals surface area contributed by atoms with Crippen molar-refractivity contribution in [1.29, 1.82) is 0 Å². The van der Waals surface area contributed by atoms with E-state index in [1.165, 1.54) is 18.2 Å². The molecule has 1 amide bonds. The number of carbonyl (C=O) groups is 1. The number of anilines is 1. The molecule has 0 atom stereocenters. The maximum absolute atomic E-state index is 12.7. The fraction of sp³-hybridized carbons (Fsp3) is 0.409. The summed E-state index contributed by atoms with van der Waals surface area (Å²) < 4.78 is 62.0. The molecule has 1 fully saturated rings. The van der Waals surface area contributed by atoms with Crippen molar-refractivity contribution in [3.8, 4) is 0 Å². The van der Waals surface area contributed by atoms with E-state index in [-0.39, 0.29) is 23.0 Å². The fourth-order valence-electron chi connectivity index (χ4n) is 3.68. The summed E-state index contributed by atoms with van der Waals surface area (Å²) in [6, 6.07) is 11.5. The summed E-state index contributed by atoms with van der Waals surface area (Å²) >= 11 is 0. The fourth-order valence-corrected chi connectivity index (χ4v) is 4.53. The van der Waals surface area contributed by atoms with Gasteiger partial charge in [-0.1, -0.05) is 24.3 Å². The summed E-state index contributed by atoms with van der Waals surface area (Å²) in [6.45, 7) is 3.45. The first-order chi connectivity index (χ1) is 15.0. The van der Waals surface area contributed by atoms with Crippen molar-refractivity contribution in [3.05, 3.63) is 59.7 Å². The lowest BCUT2D eigenvalue weighted by molar-refractivity contribution is -0.137. The van der Waals surface area contributed by atoms with Gasteiger partial charge in [0.2, 0.25) is 5.91 Å². The summed E-state index contributed by atoms with van der Waals surface area (Å²) in [5, 5.41) is 2.69. The van der Waals surface area contributed by atoms with Crippen LogP contribution in [0.2, 0.25) is 0 Å². The van der Waals surface area contributed by atoms with E-state index in [4.69, 9.17) is 0 Å². The Hall–Kier alpha value is -2.43. The van der Waals surface area contributed by atoms with Crippen LogP contribution >= 0.6 is 0 Å². The zero-order chi connectivity index (χ0) is 23.4. The van der Waals surface area contributed by atoms with Crippen LogP contribution in [0.15, 0.2) is 53.4 Å². The molecular weight excluding hydrogens is 443 g/mol. The van der Waals surface area contributed by atoms with Gasteiger partial charge in [-0.2, -0.15) is 13.2 Å². The van der Waals surface area contributed by atoms with Crippen LogP contribution in [0.4, 0.5) is 18.9 Å². The van der Waals surface area contributed by atoms with Gasteiger partial charge >= 0.3 is 6.18 Å². The molecule has 0 bridgehead atoms. The Morgan fingerprint density at radius 1 is 0.969 bits per heavy atom. The predicted molar refractivity (Wildman–Crippen MR) is 116 cm³/mol. The molecule has 10 heteroatoms. The highest BCUT2D eigenvalue weighted by molar-refractivity contribution is 7.90. The number of para-hydroxylation sites is 1. The molecule has 1 aliphatic rings. The van der Waals surface area contributed by atoms with Crippen LogP contribution in [0.25, 0.3) is 0 Å². The van der Waals surface area contributed by atoms with E-state index >= 15 is 0 Å². The van der Waals surface area contributed by atoms with Crippen molar-refractivity contribution < 1.29 is 26.4 Å². The Morgan fingerprint density at radius 2 is 1.59 bits per heavy atom. The van der Waals surface area contributed by atoms with E-state index in [0.29, 0.717) is 26.2 Å². The maximum atomic E-state index is 12.7. The van der Waals surface area contributed by atoms with Crippen molar-refractivity contribution in [3.63, 3.8) is 0 Å². The van der Waals surface area contributed by atoms with Crippen LogP contribution in [-0.4, -0.2) is 63.1 Å². The lowest BCUT2D eigenvalue weighted by Crippen LogP contribution is -2.36. The number of hydrogen-bond donors (Lipinski definition) is 1. The Kier molecular flexibility index (Phi) is 7.58. The van der Waals surface area contributed by atoms with Crippen LogP contribution in [0.1, 0.15) is 17.5 Å². The van der Waals surface area contributed by atoms with Gasteiger partial charge in [0, 0.05) is 25.9 Å². The van der Waals surface area contributed by atoms with Crippen LogP contribution in [0.5, 0.6) is 0 Å². The Bertz CT molecular complexity index is 1040. The van der Waals surface area contributed by atoms with Gasteiger partial charge in [0.25, 0.3) is 0 Å². The smallest absolute Gasteiger partial charge is 0.324 e. The predicted octanol–water partition coefficient (Wildman–Crippen LogP) is 3.26. The number of rotatable bonds is 6. The second-order valence-electron chi connectivity index (χ2n) is 7.92. The molecule has 0 saturated carbocycles. The molecule has 1 heterocycles. The number of benzene rings is 2. The number of sulfone groups is 1. The number of alkyl halides is 3. The molecule has 2 aromatic rings. The molecule has 0 radical (unpaired) electrons. The zero-order valence-corrected chi connectivity index (χ0v) is 18.5. The summed E-state index contributed by atoms with van der Waals surface area (Å²) in [5.74, 6) is -0.294. The van der Waals surface area contributed by atoms with Crippen molar-refractivity contribution in [2.45, 2.75) is 24.0 Å². The molecule has 2 aromatic carbocycles. The number of nitrogens with zero attached hydrogens (tertiary/aromatic N) is 2. The third-order valence-corrected chi connectivity index (χ3v) is 6.45. The second kappa shape index (κ2) is 10.0. The average Bonchev–Trinajstić information content (AvgIpc) is 2.92. The van der Waals surface area contributed by atoms with Crippen LogP contribution < -0.4 is 5.32 Å². The normalized spacial score (nSPS) is 16.5. The van der Waals surface area contributed by atoms with Crippen LogP contribution in [0.3, 0.4) is 0 Å². The first kappa shape index (κ1) is 24.2. The monoisotopic (exact) mass is 469 g/mol. The second-order valence-corrected chi connectivity index (χ2v) is 9.90. The van der Waals surface area contributed by atoms with E-state index in [2.05, 4.69) is 10.2 Å². The Labute approximate surface area is 185 Å². The molecule has 32 heavy (non-hydrogen) atoms. The molecule has 0 spiro atoms. The van der Waals surface area contributed by atoms with E-state index in [0.717, 1.165) is 36.9 Å². The molecule has 1 saturated heterocycles.